The maximum atomic E-state index is 12.7. The van der Waals surface area contributed by atoms with Crippen LogP contribution in [-0.2, 0) is 11.8 Å². The first-order valence-electron chi connectivity index (χ1n) is 7.01. The van der Waals surface area contributed by atoms with E-state index >= 15 is 0 Å². The highest BCUT2D eigenvalue weighted by Gasteiger charge is 2.21. The molecule has 0 aliphatic rings. The Kier molecular flexibility index (Phi) is 4.31. The van der Waals surface area contributed by atoms with Crippen LogP contribution in [0.5, 0.6) is 0 Å². The fourth-order valence-electron chi connectivity index (χ4n) is 2.51. The lowest BCUT2D eigenvalue weighted by molar-refractivity contribution is -0.118. The SMILES string of the molecule is CC(C)CN(CC(N)=O)C(=O)c1cccc2c1ccn2C. The van der Waals surface area contributed by atoms with Gasteiger partial charge in [-0.25, -0.2) is 0 Å². The molecule has 0 saturated carbocycles. The first kappa shape index (κ1) is 15.1. The van der Waals surface area contributed by atoms with Gasteiger partial charge in [0.05, 0.1) is 6.54 Å². The fraction of sp³-hybridized carbons (Fsp3) is 0.375. The molecule has 2 rings (SSSR count). The average molecular weight is 287 g/mol. The van der Waals surface area contributed by atoms with Crippen LogP contribution in [-0.4, -0.2) is 34.4 Å². The molecular formula is C16H21N3O2. The molecule has 0 aliphatic heterocycles. The number of primary amides is 1. The van der Waals surface area contributed by atoms with Crippen LogP contribution in [0.2, 0.25) is 0 Å². The van der Waals surface area contributed by atoms with E-state index in [-0.39, 0.29) is 18.4 Å². The van der Waals surface area contributed by atoms with Crippen molar-refractivity contribution in [1.82, 2.24) is 9.47 Å². The number of aryl methyl sites for hydroxylation is 1. The van der Waals surface area contributed by atoms with Crippen molar-refractivity contribution >= 4 is 22.7 Å². The summed E-state index contributed by atoms with van der Waals surface area (Å²) >= 11 is 0. The van der Waals surface area contributed by atoms with Crippen molar-refractivity contribution < 1.29 is 9.59 Å². The minimum absolute atomic E-state index is 0.0553. The smallest absolute Gasteiger partial charge is 0.255 e. The van der Waals surface area contributed by atoms with Crippen LogP contribution < -0.4 is 5.73 Å². The molecule has 0 saturated heterocycles. The summed E-state index contributed by atoms with van der Waals surface area (Å²) in [5.41, 5.74) is 6.86. The summed E-state index contributed by atoms with van der Waals surface area (Å²) in [7, 11) is 1.94. The monoisotopic (exact) mass is 287 g/mol. The lowest BCUT2D eigenvalue weighted by Crippen LogP contribution is -2.40. The number of fused-ring (bicyclic) bond motifs is 1. The average Bonchev–Trinajstić information content (AvgIpc) is 2.78. The van der Waals surface area contributed by atoms with Crippen LogP contribution in [0.15, 0.2) is 30.5 Å². The van der Waals surface area contributed by atoms with E-state index in [1.54, 1.807) is 6.07 Å². The Hall–Kier alpha value is -2.30. The normalized spacial score (nSPS) is 11.0. The van der Waals surface area contributed by atoms with Gasteiger partial charge in [0.25, 0.3) is 5.91 Å². The van der Waals surface area contributed by atoms with Crippen molar-refractivity contribution in [1.29, 1.82) is 0 Å². The molecule has 0 bridgehead atoms. The Morgan fingerprint density at radius 1 is 1.29 bits per heavy atom. The zero-order valence-electron chi connectivity index (χ0n) is 12.7. The Balaban J connectivity index is 2.40. The van der Waals surface area contributed by atoms with Gasteiger partial charge < -0.3 is 15.2 Å². The molecule has 112 valence electrons. The molecular weight excluding hydrogens is 266 g/mol. The summed E-state index contributed by atoms with van der Waals surface area (Å²) in [5.74, 6) is -0.383. The van der Waals surface area contributed by atoms with E-state index in [0.717, 1.165) is 10.9 Å². The highest BCUT2D eigenvalue weighted by Crippen LogP contribution is 2.21. The molecule has 1 aromatic heterocycles. The predicted molar refractivity (Wildman–Crippen MR) is 82.9 cm³/mol. The van der Waals surface area contributed by atoms with Gasteiger partial charge in [0.2, 0.25) is 5.91 Å². The second-order valence-electron chi connectivity index (χ2n) is 5.71. The number of hydrogen-bond donors (Lipinski definition) is 1. The van der Waals surface area contributed by atoms with Gasteiger partial charge in [0, 0.05) is 36.3 Å². The summed E-state index contributed by atoms with van der Waals surface area (Å²) < 4.78 is 1.97. The molecule has 5 nitrogen and oxygen atoms in total. The molecule has 5 heteroatoms. The Bertz CT molecular complexity index is 673. The third-order valence-electron chi connectivity index (χ3n) is 3.38. The number of aromatic nitrogens is 1. The number of benzene rings is 1. The van der Waals surface area contributed by atoms with Crippen molar-refractivity contribution in [2.45, 2.75) is 13.8 Å². The van der Waals surface area contributed by atoms with Gasteiger partial charge in [-0.1, -0.05) is 19.9 Å². The molecule has 0 radical (unpaired) electrons. The van der Waals surface area contributed by atoms with Crippen molar-refractivity contribution in [2.75, 3.05) is 13.1 Å². The van der Waals surface area contributed by atoms with E-state index in [4.69, 9.17) is 5.73 Å². The van der Waals surface area contributed by atoms with Gasteiger partial charge >= 0.3 is 0 Å². The fourth-order valence-corrected chi connectivity index (χ4v) is 2.51. The van der Waals surface area contributed by atoms with Gasteiger partial charge in [-0.15, -0.1) is 0 Å². The molecule has 0 fully saturated rings. The van der Waals surface area contributed by atoms with E-state index in [1.807, 2.05) is 49.9 Å². The van der Waals surface area contributed by atoms with Crippen LogP contribution in [0, 0.1) is 5.92 Å². The molecule has 2 amide bonds. The molecule has 0 unspecified atom stereocenters. The number of hydrogen-bond acceptors (Lipinski definition) is 2. The first-order chi connectivity index (χ1) is 9.90. The number of carbonyl (C=O) groups is 2. The molecule has 2 aromatic rings. The molecule has 0 spiro atoms. The summed E-state index contributed by atoms with van der Waals surface area (Å²) in [6, 6.07) is 7.53. The van der Waals surface area contributed by atoms with Crippen LogP contribution in [0.4, 0.5) is 0 Å². The van der Waals surface area contributed by atoms with E-state index in [1.165, 1.54) is 4.90 Å². The molecule has 0 atom stereocenters. The molecule has 1 aromatic carbocycles. The summed E-state index contributed by atoms with van der Waals surface area (Å²) in [6.07, 6.45) is 1.92. The maximum Gasteiger partial charge on any atom is 0.255 e. The van der Waals surface area contributed by atoms with Crippen LogP contribution >= 0.6 is 0 Å². The highest BCUT2D eigenvalue weighted by molar-refractivity contribution is 6.07. The Morgan fingerprint density at radius 3 is 2.62 bits per heavy atom. The van der Waals surface area contributed by atoms with Gasteiger partial charge in [0.1, 0.15) is 0 Å². The third kappa shape index (κ3) is 3.24. The molecule has 21 heavy (non-hydrogen) atoms. The van der Waals surface area contributed by atoms with E-state index in [2.05, 4.69) is 0 Å². The van der Waals surface area contributed by atoms with Crippen molar-refractivity contribution in [3.05, 3.63) is 36.0 Å². The summed E-state index contributed by atoms with van der Waals surface area (Å²) in [6.45, 7) is 4.46. The third-order valence-corrected chi connectivity index (χ3v) is 3.38. The quantitative estimate of drug-likeness (QED) is 0.910. The predicted octanol–water partition coefficient (Wildman–Crippen LogP) is 1.76. The van der Waals surface area contributed by atoms with Crippen molar-refractivity contribution in [2.24, 2.45) is 18.7 Å². The lowest BCUT2D eigenvalue weighted by atomic mass is 10.1. The number of carbonyl (C=O) groups excluding carboxylic acids is 2. The van der Waals surface area contributed by atoms with Crippen molar-refractivity contribution in [3.8, 4) is 0 Å². The van der Waals surface area contributed by atoms with Gasteiger partial charge in [-0.3, -0.25) is 9.59 Å². The van der Waals surface area contributed by atoms with Crippen LogP contribution in [0.25, 0.3) is 10.9 Å². The number of rotatable bonds is 5. The standard InChI is InChI=1S/C16H21N3O2/c1-11(2)9-19(10-15(17)20)16(21)13-5-4-6-14-12(13)7-8-18(14)3/h4-8,11H,9-10H2,1-3H3,(H2,17,20). The summed E-state index contributed by atoms with van der Waals surface area (Å²) in [5, 5.41) is 0.892. The molecule has 0 aliphatic carbocycles. The van der Waals surface area contributed by atoms with Crippen LogP contribution in [0.3, 0.4) is 0 Å². The first-order valence-corrected chi connectivity index (χ1v) is 7.01. The van der Waals surface area contributed by atoms with Gasteiger partial charge in [-0.2, -0.15) is 0 Å². The number of amides is 2. The topological polar surface area (TPSA) is 68.3 Å². The Labute approximate surface area is 124 Å². The number of nitrogens with zero attached hydrogens (tertiary/aromatic N) is 2. The minimum atomic E-state index is -0.496. The van der Waals surface area contributed by atoms with Gasteiger partial charge in [0.15, 0.2) is 0 Å². The molecule has 2 N–H and O–H groups in total. The molecule has 1 heterocycles. The number of nitrogens with two attached hydrogens (primary N) is 1. The zero-order chi connectivity index (χ0) is 15.6. The van der Waals surface area contributed by atoms with Gasteiger partial charge in [-0.05, 0) is 24.1 Å². The van der Waals surface area contributed by atoms with E-state index in [0.29, 0.717) is 12.1 Å². The van der Waals surface area contributed by atoms with E-state index in [9.17, 15) is 9.59 Å². The second kappa shape index (κ2) is 5.99. The van der Waals surface area contributed by atoms with E-state index < -0.39 is 5.91 Å². The van der Waals surface area contributed by atoms with Crippen molar-refractivity contribution in [3.63, 3.8) is 0 Å². The summed E-state index contributed by atoms with van der Waals surface area (Å²) in [4.78, 5) is 25.5. The zero-order valence-corrected chi connectivity index (χ0v) is 12.7. The Morgan fingerprint density at radius 2 is 2.00 bits per heavy atom. The largest absolute Gasteiger partial charge is 0.368 e. The maximum absolute atomic E-state index is 12.7. The second-order valence-corrected chi connectivity index (χ2v) is 5.71. The lowest BCUT2D eigenvalue weighted by Gasteiger charge is -2.23. The highest BCUT2D eigenvalue weighted by atomic mass is 16.2. The van der Waals surface area contributed by atoms with Crippen LogP contribution in [0.1, 0.15) is 24.2 Å². The minimum Gasteiger partial charge on any atom is -0.368 e.